The molecule has 0 spiro atoms. The normalized spacial score (nSPS) is 15.3. The van der Waals surface area contributed by atoms with Gasteiger partial charge in [-0.1, -0.05) is 0 Å². The monoisotopic (exact) mass is 373 g/mol. The van der Waals surface area contributed by atoms with Crippen molar-refractivity contribution in [1.82, 2.24) is 24.7 Å². The predicted molar refractivity (Wildman–Crippen MR) is 88.4 cm³/mol. The van der Waals surface area contributed by atoms with E-state index in [1.807, 2.05) is 0 Å². The molecule has 0 bridgehead atoms. The van der Waals surface area contributed by atoms with Crippen LogP contribution in [0.1, 0.15) is 18.3 Å². The highest BCUT2D eigenvalue weighted by Crippen LogP contribution is 2.16. The summed E-state index contributed by atoms with van der Waals surface area (Å²) in [6.45, 7) is 6.26. The topological polar surface area (TPSA) is 125 Å². The third kappa shape index (κ3) is 4.48. The Bertz CT molecular complexity index is 717. The molecule has 140 valence electrons. The summed E-state index contributed by atoms with van der Waals surface area (Å²) in [7, 11) is -3.82. The van der Waals surface area contributed by atoms with Crippen LogP contribution in [-0.2, 0) is 19.6 Å². The van der Waals surface area contributed by atoms with Gasteiger partial charge in [-0.15, -0.1) is 0 Å². The van der Waals surface area contributed by atoms with Gasteiger partial charge in [0.2, 0.25) is 15.9 Å². The van der Waals surface area contributed by atoms with E-state index in [1.165, 1.54) is 9.80 Å². The molecule has 1 aliphatic heterocycles. The Morgan fingerprint density at radius 2 is 1.80 bits per heavy atom. The summed E-state index contributed by atoms with van der Waals surface area (Å²) >= 11 is 0. The number of hydrogen-bond donors (Lipinski definition) is 2. The van der Waals surface area contributed by atoms with Crippen molar-refractivity contribution in [3.05, 3.63) is 11.4 Å². The number of carbonyl (C=O) groups is 2. The lowest BCUT2D eigenvalue weighted by molar-refractivity contribution is -0.131. The second-order valence-electron chi connectivity index (χ2n) is 5.65. The van der Waals surface area contributed by atoms with E-state index in [0.29, 0.717) is 44.2 Å². The molecular formula is C14H23N5O5S. The van der Waals surface area contributed by atoms with E-state index < -0.39 is 16.1 Å². The third-order valence-corrected chi connectivity index (χ3v) is 5.56. The SMILES string of the molecule is CCOC(=O)N1CCN(C(=O)CNS(=O)(=O)c2c(C)n[nH]c2C)CC1. The van der Waals surface area contributed by atoms with Crippen molar-refractivity contribution in [3.8, 4) is 0 Å². The maximum Gasteiger partial charge on any atom is 0.409 e. The average molecular weight is 373 g/mol. The minimum absolute atomic E-state index is 0.0624. The maximum absolute atomic E-state index is 12.3. The molecule has 11 heteroatoms. The first-order chi connectivity index (χ1) is 11.8. The molecule has 10 nitrogen and oxygen atoms in total. The van der Waals surface area contributed by atoms with Crippen molar-refractivity contribution in [2.24, 2.45) is 0 Å². The predicted octanol–water partition coefficient (Wildman–Crippen LogP) is -0.394. The molecule has 1 aromatic heterocycles. The van der Waals surface area contributed by atoms with E-state index in [1.54, 1.807) is 20.8 Å². The number of ether oxygens (including phenoxy) is 1. The molecule has 2 heterocycles. The number of carbonyl (C=O) groups excluding carboxylic acids is 2. The van der Waals surface area contributed by atoms with Crippen LogP contribution in [0, 0.1) is 13.8 Å². The Morgan fingerprint density at radius 3 is 2.32 bits per heavy atom. The van der Waals surface area contributed by atoms with Gasteiger partial charge in [0, 0.05) is 26.2 Å². The second kappa shape index (κ2) is 7.83. The van der Waals surface area contributed by atoms with Crippen LogP contribution in [0.4, 0.5) is 4.79 Å². The minimum Gasteiger partial charge on any atom is -0.450 e. The zero-order valence-corrected chi connectivity index (χ0v) is 15.4. The zero-order chi connectivity index (χ0) is 18.6. The Hall–Kier alpha value is -2.14. The summed E-state index contributed by atoms with van der Waals surface area (Å²) in [5.74, 6) is -0.342. The number of rotatable bonds is 5. The number of amides is 2. The van der Waals surface area contributed by atoms with Gasteiger partial charge in [0.1, 0.15) is 4.90 Å². The first kappa shape index (κ1) is 19.2. The number of nitrogens with one attached hydrogen (secondary N) is 2. The first-order valence-electron chi connectivity index (χ1n) is 7.97. The lowest BCUT2D eigenvalue weighted by Gasteiger charge is -2.34. The van der Waals surface area contributed by atoms with Crippen LogP contribution in [0.3, 0.4) is 0 Å². The summed E-state index contributed by atoms with van der Waals surface area (Å²) in [6, 6.07) is 0. The number of aryl methyl sites for hydroxylation is 2. The smallest absolute Gasteiger partial charge is 0.409 e. The first-order valence-corrected chi connectivity index (χ1v) is 9.45. The number of hydrogen-bond acceptors (Lipinski definition) is 6. The van der Waals surface area contributed by atoms with Gasteiger partial charge in [0.15, 0.2) is 0 Å². The van der Waals surface area contributed by atoms with Gasteiger partial charge in [-0.3, -0.25) is 9.89 Å². The Balaban J connectivity index is 1.88. The highest BCUT2D eigenvalue weighted by molar-refractivity contribution is 7.89. The lowest BCUT2D eigenvalue weighted by Crippen LogP contribution is -2.52. The van der Waals surface area contributed by atoms with E-state index in [0.717, 1.165) is 0 Å². The van der Waals surface area contributed by atoms with Crippen LogP contribution in [0.5, 0.6) is 0 Å². The summed E-state index contributed by atoms with van der Waals surface area (Å²) in [5.41, 5.74) is 0.765. The second-order valence-corrected chi connectivity index (χ2v) is 7.36. The zero-order valence-electron chi connectivity index (χ0n) is 14.5. The van der Waals surface area contributed by atoms with Gasteiger partial charge in [-0.2, -0.15) is 5.10 Å². The van der Waals surface area contributed by atoms with Gasteiger partial charge in [-0.25, -0.2) is 17.9 Å². The van der Waals surface area contributed by atoms with E-state index in [2.05, 4.69) is 14.9 Å². The van der Waals surface area contributed by atoms with E-state index in [4.69, 9.17) is 4.74 Å². The average Bonchev–Trinajstić information content (AvgIpc) is 2.92. The Morgan fingerprint density at radius 1 is 1.20 bits per heavy atom. The summed E-state index contributed by atoms with van der Waals surface area (Å²) in [4.78, 5) is 27.0. The highest BCUT2D eigenvalue weighted by atomic mass is 32.2. The summed E-state index contributed by atoms with van der Waals surface area (Å²) in [6.07, 6.45) is -0.402. The van der Waals surface area contributed by atoms with Crippen LogP contribution in [-0.4, -0.2) is 79.7 Å². The molecule has 0 unspecified atom stereocenters. The molecule has 1 saturated heterocycles. The van der Waals surface area contributed by atoms with Gasteiger partial charge in [0.05, 0.1) is 24.5 Å². The molecule has 2 amide bonds. The molecule has 0 aliphatic carbocycles. The number of sulfonamides is 1. The van der Waals surface area contributed by atoms with Crippen molar-refractivity contribution in [2.45, 2.75) is 25.7 Å². The third-order valence-electron chi connectivity index (χ3n) is 3.90. The van der Waals surface area contributed by atoms with Crippen LogP contribution in [0.15, 0.2) is 4.90 Å². The minimum atomic E-state index is -3.82. The Labute approximate surface area is 146 Å². The number of H-pyrrole nitrogens is 1. The van der Waals surface area contributed by atoms with Crippen molar-refractivity contribution < 1.29 is 22.7 Å². The van der Waals surface area contributed by atoms with Crippen LogP contribution in [0.2, 0.25) is 0 Å². The molecule has 1 aromatic rings. The van der Waals surface area contributed by atoms with Crippen molar-refractivity contribution >= 4 is 22.0 Å². The van der Waals surface area contributed by atoms with E-state index >= 15 is 0 Å². The summed E-state index contributed by atoms with van der Waals surface area (Å²) < 4.78 is 31.9. The van der Waals surface area contributed by atoms with Gasteiger partial charge < -0.3 is 14.5 Å². The molecular weight excluding hydrogens is 350 g/mol. The molecule has 2 rings (SSSR count). The molecule has 0 radical (unpaired) electrons. The molecule has 1 fully saturated rings. The van der Waals surface area contributed by atoms with Crippen LogP contribution in [0.25, 0.3) is 0 Å². The standard InChI is InChI=1S/C14H23N5O5S/c1-4-24-14(21)19-7-5-18(6-8-19)12(20)9-15-25(22,23)13-10(2)16-17-11(13)3/h15H,4-9H2,1-3H3,(H,16,17). The van der Waals surface area contributed by atoms with Gasteiger partial charge >= 0.3 is 6.09 Å². The fourth-order valence-electron chi connectivity index (χ4n) is 2.63. The lowest BCUT2D eigenvalue weighted by atomic mass is 10.3. The molecule has 2 N–H and O–H groups in total. The fourth-order valence-corrected chi connectivity index (χ4v) is 3.97. The number of aromatic amines is 1. The van der Waals surface area contributed by atoms with E-state index in [-0.39, 0.29) is 17.3 Å². The van der Waals surface area contributed by atoms with E-state index in [9.17, 15) is 18.0 Å². The highest BCUT2D eigenvalue weighted by Gasteiger charge is 2.27. The molecule has 1 aliphatic rings. The quantitative estimate of drug-likeness (QED) is 0.724. The van der Waals surface area contributed by atoms with Crippen molar-refractivity contribution in [2.75, 3.05) is 39.3 Å². The maximum atomic E-state index is 12.3. The fraction of sp³-hybridized carbons (Fsp3) is 0.643. The number of piperazine rings is 1. The number of aromatic nitrogens is 2. The number of nitrogens with zero attached hydrogens (tertiary/aromatic N) is 3. The van der Waals surface area contributed by atoms with Crippen molar-refractivity contribution in [1.29, 1.82) is 0 Å². The van der Waals surface area contributed by atoms with Gasteiger partial charge in [-0.05, 0) is 20.8 Å². The molecule has 0 atom stereocenters. The largest absolute Gasteiger partial charge is 0.450 e. The van der Waals surface area contributed by atoms with Crippen molar-refractivity contribution in [3.63, 3.8) is 0 Å². The van der Waals surface area contributed by atoms with Crippen LogP contribution < -0.4 is 4.72 Å². The van der Waals surface area contributed by atoms with Gasteiger partial charge in [0.25, 0.3) is 0 Å². The molecule has 0 aromatic carbocycles. The molecule has 25 heavy (non-hydrogen) atoms. The summed E-state index contributed by atoms with van der Waals surface area (Å²) in [5, 5.41) is 6.46. The Kier molecular flexibility index (Phi) is 6.01. The molecule has 0 saturated carbocycles. The van der Waals surface area contributed by atoms with Crippen LogP contribution >= 0.6 is 0 Å².